The lowest BCUT2D eigenvalue weighted by Gasteiger charge is -2.20. The summed E-state index contributed by atoms with van der Waals surface area (Å²) in [6.07, 6.45) is 0.208. The molecule has 6 nitrogen and oxygen atoms in total. The Hall–Kier alpha value is -2.22. The number of hydrogen-bond donors (Lipinski definition) is 3. The second-order valence-corrected chi connectivity index (χ2v) is 8.00. The number of nitrogens with one attached hydrogen (secondary N) is 1. The average Bonchev–Trinajstić information content (AvgIpc) is 2.56. The van der Waals surface area contributed by atoms with Crippen LogP contribution >= 0.6 is 0 Å². The number of carboxylic acids is 1. The van der Waals surface area contributed by atoms with E-state index in [0.717, 1.165) is 11.1 Å². The van der Waals surface area contributed by atoms with Crippen molar-refractivity contribution in [3.05, 3.63) is 64.2 Å². The predicted octanol–water partition coefficient (Wildman–Crippen LogP) is 2.71. The topological polar surface area (TPSA) is 104 Å². The first kappa shape index (κ1) is 20.1. The third-order valence-electron chi connectivity index (χ3n) is 4.32. The summed E-state index contributed by atoms with van der Waals surface area (Å²) in [6.45, 7) is 5.03. The number of sulfonamides is 1. The van der Waals surface area contributed by atoms with Gasteiger partial charge in [0.15, 0.2) is 0 Å². The van der Waals surface area contributed by atoms with Crippen LogP contribution in [0.1, 0.15) is 45.1 Å². The van der Waals surface area contributed by atoms with Gasteiger partial charge in [-0.3, -0.25) is 0 Å². The van der Waals surface area contributed by atoms with Crippen molar-refractivity contribution >= 4 is 16.0 Å². The third kappa shape index (κ3) is 4.49. The van der Waals surface area contributed by atoms with Gasteiger partial charge in [0.05, 0.1) is 10.5 Å². The van der Waals surface area contributed by atoms with Gasteiger partial charge in [-0.15, -0.1) is 0 Å². The van der Waals surface area contributed by atoms with Gasteiger partial charge in [-0.25, -0.2) is 17.9 Å². The summed E-state index contributed by atoms with van der Waals surface area (Å²) < 4.78 is 28.5. The standard InChI is InChI=1S/C19H23NO5S/c1-12-5-4-6-15(9-12)17(7-8-21)20-26(24,25)18-11-16(19(22)23)10-13(2)14(18)3/h4-6,9-11,17,20-21H,7-8H2,1-3H3,(H,22,23). The Morgan fingerprint density at radius 2 is 1.85 bits per heavy atom. The highest BCUT2D eigenvalue weighted by molar-refractivity contribution is 7.89. The largest absolute Gasteiger partial charge is 0.478 e. The number of rotatable bonds is 7. The minimum absolute atomic E-state index is 0.0644. The van der Waals surface area contributed by atoms with E-state index in [-0.39, 0.29) is 23.5 Å². The van der Waals surface area contributed by atoms with Gasteiger partial charge >= 0.3 is 5.97 Å². The van der Waals surface area contributed by atoms with E-state index in [9.17, 15) is 23.4 Å². The van der Waals surface area contributed by atoms with Crippen LogP contribution in [0.25, 0.3) is 0 Å². The zero-order valence-corrected chi connectivity index (χ0v) is 15.8. The summed E-state index contributed by atoms with van der Waals surface area (Å²) in [6, 6.07) is 9.37. The molecule has 0 bridgehead atoms. The summed E-state index contributed by atoms with van der Waals surface area (Å²) in [5.41, 5.74) is 2.72. The molecule has 0 radical (unpaired) electrons. The van der Waals surface area contributed by atoms with Crippen LogP contribution in [0.5, 0.6) is 0 Å². The smallest absolute Gasteiger partial charge is 0.335 e. The zero-order valence-electron chi connectivity index (χ0n) is 15.0. The van der Waals surface area contributed by atoms with Crippen molar-refractivity contribution in [1.82, 2.24) is 4.72 Å². The highest BCUT2D eigenvalue weighted by Crippen LogP contribution is 2.25. The molecule has 0 aliphatic rings. The maximum atomic E-state index is 12.9. The molecule has 0 saturated carbocycles. The number of aliphatic hydroxyl groups excluding tert-OH is 1. The van der Waals surface area contributed by atoms with Gasteiger partial charge in [0, 0.05) is 12.6 Å². The SMILES string of the molecule is Cc1cccc(C(CCO)NS(=O)(=O)c2cc(C(=O)O)cc(C)c2C)c1. The fourth-order valence-electron chi connectivity index (χ4n) is 2.79. The number of benzene rings is 2. The summed E-state index contributed by atoms with van der Waals surface area (Å²) in [5, 5.41) is 18.6. The number of carboxylic acid groups (broad SMARTS) is 1. The molecule has 2 aromatic rings. The van der Waals surface area contributed by atoms with E-state index in [1.807, 2.05) is 25.1 Å². The molecule has 0 aliphatic carbocycles. The molecule has 26 heavy (non-hydrogen) atoms. The predicted molar refractivity (Wildman–Crippen MR) is 98.8 cm³/mol. The molecular formula is C19H23NO5S. The first-order valence-electron chi connectivity index (χ1n) is 8.20. The summed E-state index contributed by atoms with van der Waals surface area (Å²) in [5.74, 6) is -1.19. The summed E-state index contributed by atoms with van der Waals surface area (Å²) >= 11 is 0. The van der Waals surface area contributed by atoms with Crippen molar-refractivity contribution in [2.75, 3.05) is 6.61 Å². The van der Waals surface area contributed by atoms with E-state index < -0.39 is 22.0 Å². The highest BCUT2D eigenvalue weighted by Gasteiger charge is 2.25. The molecule has 1 unspecified atom stereocenters. The van der Waals surface area contributed by atoms with Crippen LogP contribution < -0.4 is 4.72 Å². The molecule has 3 N–H and O–H groups in total. The van der Waals surface area contributed by atoms with Crippen LogP contribution in [0, 0.1) is 20.8 Å². The lowest BCUT2D eigenvalue weighted by atomic mass is 10.0. The molecule has 7 heteroatoms. The number of aliphatic hydroxyl groups is 1. The van der Waals surface area contributed by atoms with Crippen molar-refractivity contribution in [1.29, 1.82) is 0 Å². The molecule has 0 spiro atoms. The lowest BCUT2D eigenvalue weighted by molar-refractivity contribution is 0.0696. The number of aryl methyl sites for hydroxylation is 2. The molecular weight excluding hydrogens is 354 g/mol. The van der Waals surface area contributed by atoms with Crippen molar-refractivity contribution in [3.63, 3.8) is 0 Å². The minimum atomic E-state index is -3.98. The monoisotopic (exact) mass is 377 g/mol. The normalized spacial score (nSPS) is 12.8. The number of hydrogen-bond acceptors (Lipinski definition) is 4. The molecule has 140 valence electrons. The van der Waals surface area contributed by atoms with E-state index in [4.69, 9.17) is 0 Å². The Morgan fingerprint density at radius 3 is 2.42 bits per heavy atom. The van der Waals surface area contributed by atoms with Gasteiger partial charge < -0.3 is 10.2 Å². The molecule has 0 aromatic heterocycles. The Kier molecular flexibility index (Phi) is 6.17. The second kappa shape index (κ2) is 7.99. The van der Waals surface area contributed by atoms with Crippen LogP contribution in [0.4, 0.5) is 0 Å². The van der Waals surface area contributed by atoms with Crippen LogP contribution in [-0.4, -0.2) is 31.2 Å². The van der Waals surface area contributed by atoms with Gasteiger partial charge in [0.2, 0.25) is 10.0 Å². The Balaban J connectivity index is 2.47. The molecule has 1 atom stereocenters. The maximum absolute atomic E-state index is 12.9. The van der Waals surface area contributed by atoms with E-state index >= 15 is 0 Å². The first-order valence-corrected chi connectivity index (χ1v) is 9.68. The molecule has 0 fully saturated rings. The minimum Gasteiger partial charge on any atom is -0.478 e. The van der Waals surface area contributed by atoms with E-state index in [1.54, 1.807) is 19.9 Å². The van der Waals surface area contributed by atoms with Crippen molar-refractivity contribution in [2.45, 2.75) is 38.1 Å². The Morgan fingerprint density at radius 1 is 1.15 bits per heavy atom. The van der Waals surface area contributed by atoms with Crippen LogP contribution in [0.3, 0.4) is 0 Å². The Bertz CT molecular complexity index is 922. The fourth-order valence-corrected chi connectivity index (χ4v) is 4.39. The van der Waals surface area contributed by atoms with Gasteiger partial charge in [-0.2, -0.15) is 0 Å². The molecule has 0 aliphatic heterocycles. The van der Waals surface area contributed by atoms with Gasteiger partial charge in [-0.1, -0.05) is 29.8 Å². The van der Waals surface area contributed by atoms with Gasteiger partial charge in [0.25, 0.3) is 0 Å². The molecule has 0 amide bonds. The van der Waals surface area contributed by atoms with E-state index in [0.29, 0.717) is 11.1 Å². The van der Waals surface area contributed by atoms with Gasteiger partial charge in [0.1, 0.15) is 0 Å². The summed E-state index contributed by atoms with van der Waals surface area (Å²) in [4.78, 5) is 11.2. The molecule has 0 heterocycles. The number of carbonyl (C=O) groups is 1. The van der Waals surface area contributed by atoms with Gasteiger partial charge in [-0.05, 0) is 56.0 Å². The van der Waals surface area contributed by atoms with Crippen LogP contribution in [-0.2, 0) is 10.0 Å². The van der Waals surface area contributed by atoms with E-state index in [1.165, 1.54) is 12.1 Å². The average molecular weight is 377 g/mol. The lowest BCUT2D eigenvalue weighted by Crippen LogP contribution is -2.30. The fraction of sp³-hybridized carbons (Fsp3) is 0.316. The van der Waals surface area contributed by atoms with Crippen LogP contribution in [0.2, 0.25) is 0 Å². The van der Waals surface area contributed by atoms with Crippen molar-refractivity contribution < 1.29 is 23.4 Å². The third-order valence-corrected chi connectivity index (χ3v) is 5.91. The zero-order chi connectivity index (χ0) is 19.5. The number of aromatic carboxylic acids is 1. The Labute approximate surface area is 153 Å². The molecule has 2 aromatic carbocycles. The maximum Gasteiger partial charge on any atom is 0.335 e. The molecule has 0 saturated heterocycles. The van der Waals surface area contributed by atoms with Crippen LogP contribution in [0.15, 0.2) is 41.3 Å². The first-order chi connectivity index (χ1) is 12.2. The highest BCUT2D eigenvalue weighted by atomic mass is 32.2. The summed E-state index contributed by atoms with van der Waals surface area (Å²) in [7, 11) is -3.98. The quantitative estimate of drug-likeness (QED) is 0.688. The van der Waals surface area contributed by atoms with Crippen molar-refractivity contribution in [2.24, 2.45) is 0 Å². The van der Waals surface area contributed by atoms with Crippen molar-refractivity contribution in [3.8, 4) is 0 Å². The molecule has 2 rings (SSSR count). The second-order valence-electron chi connectivity index (χ2n) is 6.32. The van der Waals surface area contributed by atoms with E-state index in [2.05, 4.69) is 4.72 Å².